The molecule has 3 aromatic rings. The summed E-state index contributed by atoms with van der Waals surface area (Å²) in [6, 6.07) is 5.68. The molecule has 0 spiro atoms. The minimum absolute atomic E-state index is 0.0673. The van der Waals surface area contributed by atoms with E-state index in [9.17, 15) is 19.1 Å². The largest absolute Gasteiger partial charge is 0.388 e. The Morgan fingerprint density at radius 2 is 2.16 bits per heavy atom. The number of aromatic nitrogens is 3. The van der Waals surface area contributed by atoms with Crippen molar-refractivity contribution in [1.29, 1.82) is 0 Å². The van der Waals surface area contributed by atoms with Gasteiger partial charge in [-0.2, -0.15) is 0 Å². The van der Waals surface area contributed by atoms with Crippen LogP contribution in [0.5, 0.6) is 0 Å². The Labute approximate surface area is 188 Å². The molecule has 0 unspecified atom stereocenters. The average Bonchev–Trinajstić information content (AvgIpc) is 2.78. The number of hydrogen-bond acceptors (Lipinski definition) is 6. The highest BCUT2D eigenvalue weighted by Crippen LogP contribution is 2.29. The van der Waals surface area contributed by atoms with Crippen LogP contribution in [0.4, 0.5) is 4.39 Å². The van der Waals surface area contributed by atoms with Gasteiger partial charge in [0.25, 0.3) is 5.56 Å². The van der Waals surface area contributed by atoms with Crippen LogP contribution in [-0.2, 0) is 11.2 Å². The average molecular weight is 460 g/mol. The van der Waals surface area contributed by atoms with Crippen molar-refractivity contribution in [3.05, 3.63) is 67.7 Å². The number of aliphatic hydroxyl groups excluding tert-OH is 1. The van der Waals surface area contributed by atoms with E-state index in [1.54, 1.807) is 26.0 Å². The number of ketones is 1. The van der Waals surface area contributed by atoms with E-state index in [2.05, 4.69) is 10.3 Å². The van der Waals surface area contributed by atoms with Crippen molar-refractivity contribution in [2.75, 3.05) is 13.2 Å². The quantitative estimate of drug-likeness (QED) is 0.588. The van der Waals surface area contributed by atoms with Crippen LogP contribution in [0.3, 0.4) is 0 Å². The fourth-order valence-corrected chi connectivity index (χ4v) is 4.27. The predicted molar refractivity (Wildman–Crippen MR) is 118 cm³/mol. The number of Topliss-reactive ketones (excluding diaryl/α,β-unsaturated/α-hetero) is 1. The number of hydrogen-bond donors (Lipinski definition) is 1. The maximum absolute atomic E-state index is 14.4. The zero-order chi connectivity index (χ0) is 23.0. The summed E-state index contributed by atoms with van der Waals surface area (Å²) in [7, 11) is 0. The molecule has 1 fully saturated rings. The Morgan fingerprint density at radius 1 is 1.38 bits per heavy atom. The van der Waals surface area contributed by atoms with E-state index in [0.29, 0.717) is 35.6 Å². The second-order valence-corrected chi connectivity index (χ2v) is 8.35. The smallest absolute Gasteiger partial charge is 0.278 e. The van der Waals surface area contributed by atoms with Gasteiger partial charge in [-0.25, -0.2) is 9.07 Å². The van der Waals surface area contributed by atoms with Crippen molar-refractivity contribution in [2.45, 2.75) is 45.3 Å². The Balaban J connectivity index is 1.76. The zero-order valence-corrected chi connectivity index (χ0v) is 18.5. The summed E-state index contributed by atoms with van der Waals surface area (Å²) in [6.07, 6.45) is 0.127. The normalized spacial score (nSPS) is 18.8. The Hall–Kier alpha value is -2.68. The van der Waals surface area contributed by atoms with Crippen molar-refractivity contribution in [3.8, 4) is 0 Å². The molecule has 1 aliphatic rings. The van der Waals surface area contributed by atoms with Crippen molar-refractivity contribution in [3.63, 3.8) is 0 Å². The van der Waals surface area contributed by atoms with E-state index in [0.717, 1.165) is 5.56 Å². The molecule has 1 N–H and O–H groups in total. The molecule has 2 atom stereocenters. The van der Waals surface area contributed by atoms with Crippen LogP contribution in [0, 0.1) is 12.7 Å². The number of rotatable bonds is 5. The van der Waals surface area contributed by atoms with Crippen LogP contribution < -0.4 is 5.56 Å². The molecule has 0 amide bonds. The molecule has 0 bridgehead atoms. The fourth-order valence-electron chi connectivity index (χ4n) is 4.01. The lowest BCUT2D eigenvalue weighted by atomic mass is 9.97. The molecule has 2 heterocycles. The van der Waals surface area contributed by atoms with Crippen LogP contribution in [-0.4, -0.2) is 45.2 Å². The zero-order valence-electron chi connectivity index (χ0n) is 17.8. The van der Waals surface area contributed by atoms with Gasteiger partial charge in [-0.15, -0.1) is 5.10 Å². The molecule has 7 nitrogen and oxygen atoms in total. The molecule has 9 heteroatoms. The third kappa shape index (κ3) is 4.05. The highest BCUT2D eigenvalue weighted by molar-refractivity contribution is 6.35. The monoisotopic (exact) mass is 459 g/mol. The molecule has 0 aliphatic carbocycles. The first-order valence-corrected chi connectivity index (χ1v) is 10.8. The summed E-state index contributed by atoms with van der Waals surface area (Å²) in [5.74, 6) is -0.825. The van der Waals surface area contributed by atoms with Gasteiger partial charge in [0, 0.05) is 13.0 Å². The molecule has 4 rings (SSSR count). The van der Waals surface area contributed by atoms with E-state index >= 15 is 0 Å². The predicted octanol–water partition coefficient (Wildman–Crippen LogP) is 3.40. The molecule has 32 heavy (non-hydrogen) atoms. The number of nitrogens with zero attached hydrogens (tertiary/aromatic N) is 3. The molecule has 2 aromatic carbocycles. The number of aliphatic hydroxyl groups is 1. The number of fused-ring (bicyclic) bond motifs is 1. The third-order valence-corrected chi connectivity index (χ3v) is 6.39. The van der Waals surface area contributed by atoms with Gasteiger partial charge in [0.2, 0.25) is 0 Å². The van der Waals surface area contributed by atoms with Crippen LogP contribution >= 0.6 is 11.6 Å². The minimum Gasteiger partial charge on any atom is -0.388 e. The van der Waals surface area contributed by atoms with E-state index in [1.807, 2.05) is 0 Å². The van der Waals surface area contributed by atoms with Gasteiger partial charge < -0.3 is 9.84 Å². The molecule has 168 valence electrons. The number of benzene rings is 2. The van der Waals surface area contributed by atoms with Crippen molar-refractivity contribution in [2.24, 2.45) is 0 Å². The van der Waals surface area contributed by atoms with Gasteiger partial charge in [0.05, 0.1) is 34.7 Å². The lowest BCUT2D eigenvalue weighted by molar-refractivity contribution is -0.0434. The van der Waals surface area contributed by atoms with Crippen LogP contribution in [0.15, 0.2) is 29.1 Å². The summed E-state index contributed by atoms with van der Waals surface area (Å²) >= 11 is 6.51. The number of ether oxygens (including phenoxy) is 1. The molecule has 0 radical (unpaired) electrons. The minimum atomic E-state index is -0.860. The van der Waals surface area contributed by atoms with Crippen LogP contribution in [0.25, 0.3) is 10.9 Å². The van der Waals surface area contributed by atoms with Gasteiger partial charge in [-0.3, -0.25) is 9.59 Å². The number of carbonyl (C=O) groups excluding carboxylic acids is 1. The van der Waals surface area contributed by atoms with Crippen molar-refractivity contribution >= 4 is 28.3 Å². The highest BCUT2D eigenvalue weighted by Gasteiger charge is 2.28. The van der Waals surface area contributed by atoms with Gasteiger partial charge >= 0.3 is 0 Å². The molecule has 1 aromatic heterocycles. The van der Waals surface area contributed by atoms with E-state index in [4.69, 9.17) is 16.3 Å². The number of carbonyl (C=O) groups is 1. The Kier molecular flexibility index (Phi) is 6.37. The van der Waals surface area contributed by atoms with Crippen molar-refractivity contribution in [1.82, 2.24) is 15.0 Å². The topological polar surface area (TPSA) is 94.3 Å². The van der Waals surface area contributed by atoms with Crippen LogP contribution in [0.1, 0.15) is 52.9 Å². The van der Waals surface area contributed by atoms with Crippen LogP contribution in [0.2, 0.25) is 5.02 Å². The van der Waals surface area contributed by atoms with Crippen molar-refractivity contribution < 1.29 is 19.0 Å². The molecule has 1 saturated heterocycles. The summed E-state index contributed by atoms with van der Waals surface area (Å²) in [4.78, 5) is 25.0. The van der Waals surface area contributed by atoms with E-state index in [1.165, 1.54) is 16.8 Å². The second kappa shape index (κ2) is 9.05. The SMILES string of the molecule is CCC(=O)c1ccc(Cc2cc3c(=O)n([C@H]4CCOC[C@@H]4O)nnc3c(Cl)c2C)cc1F. The first kappa shape index (κ1) is 22.5. The maximum Gasteiger partial charge on any atom is 0.278 e. The summed E-state index contributed by atoms with van der Waals surface area (Å²) < 4.78 is 20.9. The molecular weight excluding hydrogens is 437 g/mol. The Morgan fingerprint density at radius 3 is 2.84 bits per heavy atom. The summed E-state index contributed by atoms with van der Waals surface area (Å²) in [5.41, 5.74) is 2.05. The fraction of sp³-hybridized carbons (Fsp3) is 0.391. The van der Waals surface area contributed by atoms with Gasteiger partial charge in [-0.1, -0.05) is 29.8 Å². The summed E-state index contributed by atoms with van der Waals surface area (Å²) in [5, 5.41) is 19.0. The second-order valence-electron chi connectivity index (χ2n) is 7.98. The van der Waals surface area contributed by atoms with E-state index in [-0.39, 0.29) is 35.3 Å². The molecule has 1 aliphatic heterocycles. The summed E-state index contributed by atoms with van der Waals surface area (Å²) in [6.45, 7) is 4.03. The maximum atomic E-state index is 14.4. The van der Waals surface area contributed by atoms with E-state index < -0.39 is 23.5 Å². The van der Waals surface area contributed by atoms with Gasteiger partial charge in [0.1, 0.15) is 11.3 Å². The van der Waals surface area contributed by atoms with Gasteiger partial charge in [-0.05, 0) is 54.7 Å². The standard InChI is InChI=1S/C23H23ClFN3O4/c1-3-19(29)15-5-4-13(9-17(15)25)8-14-10-16-22(21(24)12(14)2)26-27-28(23(16)31)18-6-7-32-11-20(18)30/h4-5,9-10,18,20,30H,3,6-8,11H2,1-2H3/t18-,20-/m0/s1. The lowest BCUT2D eigenvalue weighted by Gasteiger charge is -2.27. The first-order chi connectivity index (χ1) is 15.3. The number of halogens is 2. The first-order valence-electron chi connectivity index (χ1n) is 10.5. The third-order valence-electron chi connectivity index (χ3n) is 5.93. The lowest BCUT2D eigenvalue weighted by Crippen LogP contribution is -2.40. The molecular formula is C23H23ClFN3O4. The Bertz CT molecular complexity index is 1260. The molecule has 0 saturated carbocycles. The van der Waals surface area contributed by atoms with Gasteiger partial charge in [0.15, 0.2) is 5.78 Å². The highest BCUT2D eigenvalue weighted by atomic mass is 35.5.